The molecule has 0 radical (unpaired) electrons. The largest absolute Gasteiger partial charge is 0.497 e. The lowest BCUT2D eigenvalue weighted by Crippen LogP contribution is -2.50. The number of hydrogen-bond acceptors (Lipinski definition) is 4. The number of hydrogen-bond donors (Lipinski definition) is 1. The van der Waals surface area contributed by atoms with E-state index in [0.29, 0.717) is 25.3 Å². The Balaban J connectivity index is 2.04. The number of nitrogens with zero attached hydrogens (tertiary/aromatic N) is 2. The zero-order valence-electron chi connectivity index (χ0n) is 14.0. The number of amides is 1. The molecule has 0 aromatic heterocycles. The second-order valence-electron chi connectivity index (χ2n) is 6.50. The van der Waals surface area contributed by atoms with Crippen molar-refractivity contribution in [2.75, 3.05) is 34.3 Å². The molecule has 1 aromatic carbocycles. The smallest absolute Gasteiger partial charge is 0.224 e. The van der Waals surface area contributed by atoms with Gasteiger partial charge in [-0.1, -0.05) is 0 Å². The number of likely N-dealkylation sites (tertiary alicyclic amines) is 1. The molecule has 0 saturated carbocycles. The van der Waals surface area contributed by atoms with Crippen molar-refractivity contribution in [1.82, 2.24) is 9.80 Å². The molecule has 128 valence electrons. The van der Waals surface area contributed by atoms with E-state index in [1.165, 1.54) is 24.1 Å². The first-order valence-corrected chi connectivity index (χ1v) is 7.80. The second-order valence-corrected chi connectivity index (χ2v) is 6.50. The first-order chi connectivity index (χ1) is 10.8. The van der Waals surface area contributed by atoms with Crippen LogP contribution in [0, 0.1) is 5.82 Å². The Hall–Kier alpha value is -1.66. The van der Waals surface area contributed by atoms with Crippen molar-refractivity contribution in [1.29, 1.82) is 0 Å². The quantitative estimate of drug-likeness (QED) is 0.895. The summed E-state index contributed by atoms with van der Waals surface area (Å²) in [6, 6.07) is 4.61. The lowest BCUT2D eigenvalue weighted by Gasteiger charge is -2.39. The van der Waals surface area contributed by atoms with E-state index >= 15 is 0 Å². The Bertz CT molecular complexity index is 565. The number of benzene rings is 1. The van der Waals surface area contributed by atoms with E-state index in [-0.39, 0.29) is 18.1 Å². The van der Waals surface area contributed by atoms with Gasteiger partial charge in [-0.15, -0.1) is 0 Å². The van der Waals surface area contributed by atoms with Gasteiger partial charge in [0.05, 0.1) is 19.1 Å². The summed E-state index contributed by atoms with van der Waals surface area (Å²) >= 11 is 0. The molecule has 1 amide bonds. The van der Waals surface area contributed by atoms with Crippen LogP contribution in [0.25, 0.3) is 0 Å². The van der Waals surface area contributed by atoms with Gasteiger partial charge in [0.15, 0.2) is 0 Å². The molecule has 1 aromatic rings. The van der Waals surface area contributed by atoms with Crippen molar-refractivity contribution in [3.05, 3.63) is 29.6 Å². The van der Waals surface area contributed by atoms with Gasteiger partial charge in [0.25, 0.3) is 0 Å². The molecule has 1 aliphatic heterocycles. The van der Waals surface area contributed by atoms with E-state index in [1.54, 1.807) is 20.2 Å². The summed E-state index contributed by atoms with van der Waals surface area (Å²) in [6.45, 7) is 1.75. The summed E-state index contributed by atoms with van der Waals surface area (Å²) in [5, 5.41) is 10.7. The third-order valence-electron chi connectivity index (χ3n) is 4.19. The van der Waals surface area contributed by atoms with Crippen LogP contribution in [0.5, 0.6) is 5.75 Å². The summed E-state index contributed by atoms with van der Waals surface area (Å²) in [5.74, 6) is 0.0613. The SMILES string of the molecule is COc1cc(F)cc(CN2CCCC(O)(CC(=O)N(C)C)C2)c1. The molecular formula is C17H25FN2O3. The third kappa shape index (κ3) is 4.91. The molecule has 0 spiro atoms. The average molecular weight is 324 g/mol. The highest BCUT2D eigenvalue weighted by atomic mass is 19.1. The predicted molar refractivity (Wildman–Crippen MR) is 85.7 cm³/mol. The highest BCUT2D eigenvalue weighted by Crippen LogP contribution is 2.27. The number of aliphatic hydroxyl groups is 1. The summed E-state index contributed by atoms with van der Waals surface area (Å²) in [7, 11) is 4.88. The minimum absolute atomic E-state index is 0.0817. The van der Waals surface area contributed by atoms with Gasteiger partial charge in [0, 0.05) is 33.3 Å². The number of rotatable bonds is 5. The van der Waals surface area contributed by atoms with Gasteiger partial charge >= 0.3 is 0 Å². The van der Waals surface area contributed by atoms with E-state index in [1.807, 2.05) is 0 Å². The Kier molecular flexibility index (Phi) is 5.59. The van der Waals surface area contributed by atoms with Crippen LogP contribution in [-0.4, -0.2) is 60.7 Å². The second kappa shape index (κ2) is 7.27. The number of methoxy groups -OCH3 is 1. The molecule has 1 unspecified atom stereocenters. The van der Waals surface area contributed by atoms with Crippen molar-refractivity contribution >= 4 is 5.91 Å². The maximum absolute atomic E-state index is 13.6. The van der Waals surface area contributed by atoms with Crippen molar-refractivity contribution < 1.29 is 19.0 Å². The zero-order chi connectivity index (χ0) is 17.0. The average Bonchev–Trinajstić information content (AvgIpc) is 2.46. The number of halogens is 1. The van der Waals surface area contributed by atoms with Crippen LogP contribution in [0.4, 0.5) is 4.39 Å². The standard InChI is InChI=1S/C17H25FN2O3/c1-19(2)16(21)10-17(22)5-4-6-20(12-17)11-13-7-14(18)9-15(8-13)23-3/h7-9,22H,4-6,10-12H2,1-3H3. The van der Waals surface area contributed by atoms with Crippen molar-refractivity contribution in [2.24, 2.45) is 0 Å². The zero-order valence-corrected chi connectivity index (χ0v) is 14.0. The normalized spacial score (nSPS) is 22.0. The summed E-state index contributed by atoms with van der Waals surface area (Å²) < 4.78 is 18.7. The fourth-order valence-electron chi connectivity index (χ4n) is 3.01. The summed E-state index contributed by atoms with van der Waals surface area (Å²) in [6.07, 6.45) is 1.53. The highest BCUT2D eigenvalue weighted by Gasteiger charge is 2.35. The topological polar surface area (TPSA) is 53.0 Å². The molecule has 1 fully saturated rings. The van der Waals surface area contributed by atoms with Crippen LogP contribution in [0.3, 0.4) is 0 Å². The number of carbonyl (C=O) groups is 1. The van der Waals surface area contributed by atoms with Gasteiger partial charge in [-0.3, -0.25) is 9.69 Å². The van der Waals surface area contributed by atoms with Gasteiger partial charge in [-0.25, -0.2) is 4.39 Å². The lowest BCUT2D eigenvalue weighted by molar-refractivity contribution is -0.136. The first kappa shape index (κ1) is 17.7. The monoisotopic (exact) mass is 324 g/mol. The third-order valence-corrected chi connectivity index (χ3v) is 4.19. The summed E-state index contributed by atoms with van der Waals surface area (Å²) in [4.78, 5) is 15.4. The molecule has 2 rings (SSSR count). The minimum Gasteiger partial charge on any atom is -0.497 e. The van der Waals surface area contributed by atoms with Crippen molar-refractivity contribution in [2.45, 2.75) is 31.4 Å². The molecule has 0 bridgehead atoms. The van der Waals surface area contributed by atoms with Crippen molar-refractivity contribution in [3.63, 3.8) is 0 Å². The van der Waals surface area contributed by atoms with E-state index in [0.717, 1.165) is 18.5 Å². The van der Waals surface area contributed by atoms with E-state index in [2.05, 4.69) is 4.90 Å². The number of ether oxygens (including phenoxy) is 1. The van der Waals surface area contributed by atoms with Gasteiger partial charge in [0.2, 0.25) is 5.91 Å². The van der Waals surface area contributed by atoms with Crippen LogP contribution in [0.2, 0.25) is 0 Å². The number of piperidine rings is 1. The number of carbonyl (C=O) groups excluding carboxylic acids is 1. The van der Waals surface area contributed by atoms with Crippen molar-refractivity contribution in [3.8, 4) is 5.75 Å². The maximum Gasteiger partial charge on any atom is 0.224 e. The molecule has 1 aliphatic rings. The first-order valence-electron chi connectivity index (χ1n) is 7.80. The highest BCUT2D eigenvalue weighted by molar-refractivity contribution is 5.76. The van der Waals surface area contributed by atoms with E-state index in [9.17, 15) is 14.3 Å². The molecule has 1 saturated heterocycles. The molecule has 23 heavy (non-hydrogen) atoms. The maximum atomic E-state index is 13.6. The van der Waals surface area contributed by atoms with Crippen LogP contribution < -0.4 is 4.74 Å². The van der Waals surface area contributed by atoms with Gasteiger partial charge in [-0.2, -0.15) is 0 Å². The van der Waals surface area contributed by atoms with Gasteiger partial charge < -0.3 is 14.7 Å². The Morgan fingerprint density at radius 2 is 2.17 bits per heavy atom. The molecule has 1 N–H and O–H groups in total. The van der Waals surface area contributed by atoms with Crippen LogP contribution in [0.1, 0.15) is 24.8 Å². The Morgan fingerprint density at radius 1 is 1.43 bits per heavy atom. The fraction of sp³-hybridized carbons (Fsp3) is 0.588. The molecule has 1 heterocycles. The predicted octanol–water partition coefficient (Wildman–Crippen LogP) is 1.64. The fourth-order valence-corrected chi connectivity index (χ4v) is 3.01. The van der Waals surface area contributed by atoms with Crippen LogP contribution in [0.15, 0.2) is 18.2 Å². The molecular weight excluding hydrogens is 299 g/mol. The van der Waals surface area contributed by atoms with E-state index in [4.69, 9.17) is 4.74 Å². The van der Waals surface area contributed by atoms with E-state index < -0.39 is 5.60 Å². The number of β-amino-alcohol motifs (C(OH)–C–C–N with tert-alkyl or cyclic N) is 1. The molecule has 1 atom stereocenters. The van der Waals surface area contributed by atoms with Crippen LogP contribution in [-0.2, 0) is 11.3 Å². The molecule has 5 nitrogen and oxygen atoms in total. The lowest BCUT2D eigenvalue weighted by atomic mass is 9.89. The summed E-state index contributed by atoms with van der Waals surface area (Å²) in [5.41, 5.74) is -0.221. The van der Waals surface area contributed by atoms with Crippen LogP contribution >= 0.6 is 0 Å². The molecule has 6 heteroatoms. The molecule has 0 aliphatic carbocycles. The van der Waals surface area contributed by atoms with Gasteiger partial charge in [0.1, 0.15) is 11.6 Å². The Morgan fingerprint density at radius 3 is 2.83 bits per heavy atom. The Labute approximate surface area is 136 Å². The van der Waals surface area contributed by atoms with Gasteiger partial charge in [-0.05, 0) is 37.1 Å². The minimum atomic E-state index is -1.02.